The van der Waals surface area contributed by atoms with Crippen LogP contribution < -0.4 is 5.32 Å². The van der Waals surface area contributed by atoms with E-state index in [1.54, 1.807) is 18.2 Å². The first-order chi connectivity index (χ1) is 12.9. The summed E-state index contributed by atoms with van der Waals surface area (Å²) in [7, 11) is 0. The number of benzene rings is 1. The highest BCUT2D eigenvalue weighted by Gasteiger charge is 2.13. The largest absolute Gasteiger partial charge is 0.477 e. The molecule has 140 valence electrons. The van der Waals surface area contributed by atoms with Gasteiger partial charge in [-0.05, 0) is 18.2 Å². The Morgan fingerprint density at radius 1 is 1.19 bits per heavy atom. The minimum atomic E-state index is -1.11. The second-order valence-corrected chi connectivity index (χ2v) is 6.32. The summed E-state index contributed by atoms with van der Waals surface area (Å²) in [4.78, 5) is 27.1. The highest BCUT2D eigenvalue weighted by atomic mass is 35.5. The Morgan fingerprint density at radius 3 is 2.63 bits per heavy atom. The maximum Gasteiger partial charge on any atom is 0.354 e. The zero-order valence-electron chi connectivity index (χ0n) is 13.8. The number of carbonyl (C=O) groups is 2. The van der Waals surface area contributed by atoms with Crippen LogP contribution in [0.3, 0.4) is 0 Å². The van der Waals surface area contributed by atoms with Crippen molar-refractivity contribution in [2.75, 3.05) is 5.32 Å². The van der Waals surface area contributed by atoms with E-state index in [2.05, 4.69) is 20.5 Å². The minimum absolute atomic E-state index is 0.0156. The second kappa shape index (κ2) is 8.19. The number of aryl methyl sites for hydroxylation is 1. The lowest BCUT2D eigenvalue weighted by molar-refractivity contribution is -0.116. The normalized spacial score (nSPS) is 10.7. The van der Waals surface area contributed by atoms with Gasteiger partial charge >= 0.3 is 5.97 Å². The molecule has 2 N–H and O–H groups in total. The van der Waals surface area contributed by atoms with Crippen LogP contribution in [0, 0.1) is 0 Å². The van der Waals surface area contributed by atoms with E-state index in [0.717, 1.165) is 0 Å². The maximum atomic E-state index is 12.0. The van der Waals surface area contributed by atoms with Gasteiger partial charge in [-0.15, -0.1) is 5.10 Å². The van der Waals surface area contributed by atoms with Gasteiger partial charge in [-0.1, -0.05) is 29.3 Å². The molecular formula is C16H14Cl2N6O3. The Hall–Kier alpha value is -2.91. The van der Waals surface area contributed by atoms with Gasteiger partial charge in [0, 0.05) is 28.2 Å². The van der Waals surface area contributed by atoms with Crippen LogP contribution in [0.1, 0.15) is 22.5 Å². The van der Waals surface area contributed by atoms with Gasteiger partial charge < -0.3 is 5.11 Å². The van der Waals surface area contributed by atoms with Crippen molar-refractivity contribution in [1.82, 2.24) is 24.5 Å². The van der Waals surface area contributed by atoms with Crippen LogP contribution in [0.5, 0.6) is 0 Å². The Morgan fingerprint density at radius 2 is 1.93 bits per heavy atom. The Balaban J connectivity index is 1.58. The van der Waals surface area contributed by atoms with Crippen molar-refractivity contribution in [2.24, 2.45) is 0 Å². The Bertz CT molecular complexity index is 964. The fraction of sp³-hybridized carbons (Fsp3) is 0.188. The molecule has 0 aliphatic heterocycles. The lowest BCUT2D eigenvalue weighted by Gasteiger charge is -2.06. The first-order valence-electron chi connectivity index (χ1n) is 7.81. The zero-order chi connectivity index (χ0) is 19.4. The molecule has 1 aromatic carbocycles. The van der Waals surface area contributed by atoms with Crippen molar-refractivity contribution >= 4 is 41.0 Å². The summed E-state index contributed by atoms with van der Waals surface area (Å²) in [6.07, 6.45) is 2.84. The summed E-state index contributed by atoms with van der Waals surface area (Å²) in [5, 5.41) is 20.6. The molecule has 0 atom stereocenters. The number of aromatic carboxylic acids is 1. The molecular weight excluding hydrogens is 395 g/mol. The summed E-state index contributed by atoms with van der Waals surface area (Å²) in [6, 6.07) is 6.56. The molecule has 9 nitrogen and oxygen atoms in total. The lowest BCUT2D eigenvalue weighted by Crippen LogP contribution is -2.18. The van der Waals surface area contributed by atoms with E-state index in [0.29, 0.717) is 22.2 Å². The zero-order valence-corrected chi connectivity index (χ0v) is 15.4. The van der Waals surface area contributed by atoms with E-state index in [4.69, 9.17) is 28.3 Å². The third-order valence-electron chi connectivity index (χ3n) is 3.66. The lowest BCUT2D eigenvalue weighted by atomic mass is 10.2. The molecule has 0 fully saturated rings. The SMILES string of the molecule is O=C(CCn1nccc1C(=O)O)Nc1ncn(Cc2c(Cl)cccc2Cl)n1. The summed E-state index contributed by atoms with van der Waals surface area (Å²) in [5.41, 5.74) is 0.713. The Kier molecular flexibility index (Phi) is 5.72. The van der Waals surface area contributed by atoms with Gasteiger partial charge in [0.1, 0.15) is 12.0 Å². The molecule has 27 heavy (non-hydrogen) atoms. The number of hydrogen-bond acceptors (Lipinski definition) is 5. The number of amides is 1. The first-order valence-corrected chi connectivity index (χ1v) is 8.57. The van der Waals surface area contributed by atoms with Crippen LogP contribution in [-0.4, -0.2) is 41.5 Å². The maximum absolute atomic E-state index is 12.0. The van der Waals surface area contributed by atoms with Gasteiger partial charge in [0.05, 0.1) is 13.1 Å². The van der Waals surface area contributed by atoms with Crippen LogP contribution >= 0.6 is 23.2 Å². The number of rotatable bonds is 7. The molecule has 0 spiro atoms. The summed E-state index contributed by atoms with van der Waals surface area (Å²) < 4.78 is 2.74. The van der Waals surface area contributed by atoms with Gasteiger partial charge in [0.15, 0.2) is 0 Å². The number of anilines is 1. The van der Waals surface area contributed by atoms with E-state index in [1.165, 1.54) is 28.0 Å². The highest BCUT2D eigenvalue weighted by Crippen LogP contribution is 2.24. The smallest absolute Gasteiger partial charge is 0.354 e. The Labute approximate surface area is 163 Å². The van der Waals surface area contributed by atoms with E-state index >= 15 is 0 Å². The molecule has 2 aromatic heterocycles. The van der Waals surface area contributed by atoms with Crippen LogP contribution in [-0.2, 0) is 17.9 Å². The molecule has 3 aromatic rings. The molecule has 1 amide bonds. The topological polar surface area (TPSA) is 115 Å². The third kappa shape index (κ3) is 4.63. The number of hydrogen-bond donors (Lipinski definition) is 2. The number of carbonyl (C=O) groups excluding carboxylic acids is 1. The summed E-state index contributed by atoms with van der Waals surface area (Å²) in [6.45, 7) is 0.424. The predicted molar refractivity (Wildman–Crippen MR) is 98.0 cm³/mol. The number of carboxylic acid groups (broad SMARTS) is 1. The van der Waals surface area contributed by atoms with E-state index < -0.39 is 5.97 Å². The molecule has 0 radical (unpaired) electrons. The minimum Gasteiger partial charge on any atom is -0.477 e. The van der Waals surface area contributed by atoms with Crippen molar-refractivity contribution in [2.45, 2.75) is 19.5 Å². The standard InChI is InChI=1S/C16H14Cl2N6O3/c17-11-2-1-3-12(18)10(11)8-23-9-19-16(22-23)21-14(25)5-7-24-13(15(26)27)4-6-20-24/h1-4,6,9H,5,7-8H2,(H,26,27)(H,21,22,25). The number of nitrogens with one attached hydrogen (secondary N) is 1. The average Bonchev–Trinajstić information content (AvgIpc) is 3.25. The van der Waals surface area contributed by atoms with Crippen LogP contribution in [0.25, 0.3) is 0 Å². The van der Waals surface area contributed by atoms with E-state index in [9.17, 15) is 9.59 Å². The van der Waals surface area contributed by atoms with Crippen molar-refractivity contribution < 1.29 is 14.7 Å². The number of aromatic nitrogens is 5. The molecule has 0 aliphatic rings. The van der Waals surface area contributed by atoms with E-state index in [-0.39, 0.29) is 30.5 Å². The fourth-order valence-electron chi connectivity index (χ4n) is 2.36. The molecule has 0 bridgehead atoms. The molecule has 0 aliphatic carbocycles. The first kappa shape index (κ1) is 18.9. The van der Waals surface area contributed by atoms with Crippen molar-refractivity contribution in [1.29, 1.82) is 0 Å². The van der Waals surface area contributed by atoms with Crippen molar-refractivity contribution in [3.05, 3.63) is 58.1 Å². The molecule has 0 saturated heterocycles. The van der Waals surface area contributed by atoms with Gasteiger partial charge in [-0.2, -0.15) is 5.10 Å². The van der Waals surface area contributed by atoms with Crippen molar-refractivity contribution in [3.8, 4) is 0 Å². The number of carboxylic acids is 1. The summed E-state index contributed by atoms with van der Waals surface area (Å²) in [5.74, 6) is -1.34. The monoisotopic (exact) mass is 408 g/mol. The van der Waals surface area contributed by atoms with Crippen LogP contribution in [0.15, 0.2) is 36.8 Å². The van der Waals surface area contributed by atoms with Crippen LogP contribution in [0.2, 0.25) is 10.0 Å². The van der Waals surface area contributed by atoms with Crippen LogP contribution in [0.4, 0.5) is 5.95 Å². The third-order valence-corrected chi connectivity index (χ3v) is 4.36. The number of nitrogens with zero attached hydrogens (tertiary/aromatic N) is 5. The van der Waals surface area contributed by atoms with E-state index in [1.807, 2.05) is 0 Å². The number of halogens is 2. The molecule has 0 unspecified atom stereocenters. The highest BCUT2D eigenvalue weighted by molar-refractivity contribution is 6.35. The molecule has 2 heterocycles. The predicted octanol–water partition coefficient (Wildman–Crippen LogP) is 2.56. The summed E-state index contributed by atoms with van der Waals surface area (Å²) >= 11 is 12.3. The fourth-order valence-corrected chi connectivity index (χ4v) is 2.88. The van der Waals surface area contributed by atoms with Crippen molar-refractivity contribution in [3.63, 3.8) is 0 Å². The quantitative estimate of drug-likeness (QED) is 0.620. The molecule has 3 rings (SSSR count). The second-order valence-electron chi connectivity index (χ2n) is 5.51. The van der Waals surface area contributed by atoms with Gasteiger partial charge in [0.25, 0.3) is 0 Å². The average molecular weight is 409 g/mol. The van der Waals surface area contributed by atoms with Gasteiger partial charge in [-0.25, -0.2) is 14.5 Å². The molecule has 11 heteroatoms. The van der Waals surface area contributed by atoms with Gasteiger partial charge in [-0.3, -0.25) is 14.8 Å². The van der Waals surface area contributed by atoms with Gasteiger partial charge in [0.2, 0.25) is 11.9 Å². The molecule has 0 saturated carbocycles.